The molecule has 4 nitrogen and oxygen atoms in total. The molecule has 0 bridgehead atoms. The van der Waals surface area contributed by atoms with Crippen molar-refractivity contribution in [3.8, 4) is 5.75 Å². The summed E-state index contributed by atoms with van der Waals surface area (Å²) < 4.78 is 11.5. The van der Waals surface area contributed by atoms with Crippen LogP contribution in [0, 0.1) is 5.92 Å². The van der Waals surface area contributed by atoms with Crippen molar-refractivity contribution in [3.05, 3.63) is 29.3 Å². The summed E-state index contributed by atoms with van der Waals surface area (Å²) in [5.41, 5.74) is 5.44. The zero-order valence-electron chi connectivity index (χ0n) is 11.4. The van der Waals surface area contributed by atoms with Crippen molar-refractivity contribution < 1.29 is 9.47 Å². The lowest BCUT2D eigenvalue weighted by Crippen LogP contribution is -2.39. The fraction of sp³-hybridized carbons (Fsp3) is 0.600. The Bertz CT molecular complexity index is 446. The Hall–Kier alpha value is -1.10. The maximum Gasteiger partial charge on any atom is 0.122 e. The molecule has 0 aromatic heterocycles. The second kappa shape index (κ2) is 5.49. The highest BCUT2D eigenvalue weighted by molar-refractivity contribution is 5.41. The van der Waals surface area contributed by atoms with E-state index in [-0.39, 0.29) is 12.1 Å². The minimum Gasteiger partial charge on any atom is -0.493 e. The van der Waals surface area contributed by atoms with Gasteiger partial charge in [-0.2, -0.15) is 0 Å². The molecule has 4 heteroatoms. The minimum atomic E-state index is 0.0679. The quantitative estimate of drug-likeness (QED) is 0.607. The average molecular weight is 262 g/mol. The van der Waals surface area contributed by atoms with Crippen molar-refractivity contribution in [3.63, 3.8) is 0 Å². The van der Waals surface area contributed by atoms with Crippen LogP contribution in [0.4, 0.5) is 0 Å². The van der Waals surface area contributed by atoms with Gasteiger partial charge in [-0.25, -0.2) is 0 Å². The van der Waals surface area contributed by atoms with Crippen molar-refractivity contribution in [1.82, 2.24) is 5.43 Å². The smallest absolute Gasteiger partial charge is 0.122 e. The molecule has 0 spiro atoms. The van der Waals surface area contributed by atoms with Crippen LogP contribution in [0.5, 0.6) is 5.75 Å². The molecule has 104 valence electrons. The standard InChI is InChI=1S/C15H22N2O2/c1-2-18-15(10-3-4-10)14(17-16)12-5-6-13-11(9-12)7-8-19-13/h5-6,9-10,14-15,17H,2-4,7-8,16H2,1H3. The first-order valence-corrected chi connectivity index (χ1v) is 7.17. The molecule has 2 atom stereocenters. The van der Waals surface area contributed by atoms with Crippen LogP contribution < -0.4 is 16.0 Å². The minimum absolute atomic E-state index is 0.0679. The molecule has 0 saturated heterocycles. The number of nitrogens with two attached hydrogens (primary N) is 1. The molecule has 3 rings (SSSR count). The molecule has 0 amide bonds. The van der Waals surface area contributed by atoms with Crippen molar-refractivity contribution in [2.24, 2.45) is 11.8 Å². The summed E-state index contributed by atoms with van der Waals surface area (Å²) in [5, 5.41) is 0. The van der Waals surface area contributed by atoms with Gasteiger partial charge in [-0.3, -0.25) is 11.3 Å². The van der Waals surface area contributed by atoms with Crippen LogP contribution in [0.2, 0.25) is 0 Å². The predicted octanol–water partition coefficient (Wildman–Crippen LogP) is 1.94. The third-order valence-electron chi connectivity index (χ3n) is 4.03. The van der Waals surface area contributed by atoms with Crippen LogP contribution in [0.1, 0.15) is 36.9 Å². The molecular formula is C15H22N2O2. The molecule has 3 N–H and O–H groups in total. The number of hydrazine groups is 1. The number of fused-ring (bicyclic) bond motifs is 1. The maximum atomic E-state index is 5.92. The van der Waals surface area contributed by atoms with E-state index in [4.69, 9.17) is 15.3 Å². The Morgan fingerprint density at radius 1 is 1.47 bits per heavy atom. The van der Waals surface area contributed by atoms with Gasteiger partial charge in [0.15, 0.2) is 0 Å². The van der Waals surface area contributed by atoms with Gasteiger partial charge in [0.2, 0.25) is 0 Å². The molecule has 1 aliphatic carbocycles. The largest absolute Gasteiger partial charge is 0.493 e. The summed E-state index contributed by atoms with van der Waals surface area (Å²) in [6.07, 6.45) is 3.66. The van der Waals surface area contributed by atoms with Gasteiger partial charge in [0.1, 0.15) is 5.75 Å². The van der Waals surface area contributed by atoms with Crippen molar-refractivity contribution >= 4 is 0 Å². The van der Waals surface area contributed by atoms with E-state index in [1.807, 2.05) is 6.92 Å². The van der Waals surface area contributed by atoms with Gasteiger partial charge >= 0.3 is 0 Å². The third kappa shape index (κ3) is 2.61. The number of ether oxygens (including phenoxy) is 2. The summed E-state index contributed by atoms with van der Waals surface area (Å²) in [6, 6.07) is 6.43. The summed E-state index contributed by atoms with van der Waals surface area (Å²) in [7, 11) is 0. The fourth-order valence-electron chi connectivity index (χ4n) is 2.90. The highest BCUT2D eigenvalue weighted by Crippen LogP contribution is 2.40. The first kappa shape index (κ1) is 12.9. The van der Waals surface area contributed by atoms with Crippen LogP contribution in [0.3, 0.4) is 0 Å². The molecule has 1 fully saturated rings. The summed E-state index contributed by atoms with van der Waals surface area (Å²) >= 11 is 0. The van der Waals surface area contributed by atoms with Gasteiger partial charge in [0.25, 0.3) is 0 Å². The van der Waals surface area contributed by atoms with Gasteiger partial charge in [-0.05, 0) is 42.9 Å². The predicted molar refractivity (Wildman–Crippen MR) is 73.8 cm³/mol. The molecule has 2 aliphatic rings. The normalized spacial score (nSPS) is 20.7. The van der Waals surface area contributed by atoms with E-state index in [0.29, 0.717) is 5.92 Å². The fourth-order valence-corrected chi connectivity index (χ4v) is 2.90. The van der Waals surface area contributed by atoms with Gasteiger partial charge < -0.3 is 9.47 Å². The highest BCUT2D eigenvalue weighted by atomic mass is 16.5. The lowest BCUT2D eigenvalue weighted by Gasteiger charge is -2.27. The van der Waals surface area contributed by atoms with E-state index < -0.39 is 0 Å². The molecule has 1 heterocycles. The SMILES string of the molecule is CCOC(C1CC1)C(NN)c1ccc2c(c1)CCO2. The Balaban J connectivity index is 1.84. The molecule has 1 aromatic rings. The van der Waals surface area contributed by atoms with Gasteiger partial charge in [-0.1, -0.05) is 12.1 Å². The highest BCUT2D eigenvalue weighted by Gasteiger charge is 2.37. The molecule has 1 aromatic carbocycles. The molecule has 1 aliphatic heterocycles. The number of benzene rings is 1. The van der Waals surface area contributed by atoms with E-state index in [1.165, 1.54) is 24.0 Å². The number of rotatable bonds is 6. The first-order valence-electron chi connectivity index (χ1n) is 7.17. The monoisotopic (exact) mass is 262 g/mol. The van der Waals surface area contributed by atoms with Crippen LogP contribution >= 0.6 is 0 Å². The van der Waals surface area contributed by atoms with Crippen molar-refractivity contribution in [1.29, 1.82) is 0 Å². The Morgan fingerprint density at radius 3 is 3.00 bits per heavy atom. The maximum absolute atomic E-state index is 5.92. The molecule has 19 heavy (non-hydrogen) atoms. The van der Waals surface area contributed by atoms with Crippen molar-refractivity contribution in [2.75, 3.05) is 13.2 Å². The van der Waals surface area contributed by atoms with Crippen LogP contribution in [-0.2, 0) is 11.2 Å². The molecule has 0 radical (unpaired) electrons. The Labute approximate surface area is 114 Å². The van der Waals surface area contributed by atoms with E-state index in [2.05, 4.69) is 23.6 Å². The number of hydrogen-bond donors (Lipinski definition) is 2. The van der Waals surface area contributed by atoms with Crippen LogP contribution in [0.25, 0.3) is 0 Å². The average Bonchev–Trinajstić information content (AvgIpc) is 3.16. The zero-order valence-corrected chi connectivity index (χ0v) is 11.4. The molecule has 1 saturated carbocycles. The number of nitrogens with one attached hydrogen (secondary N) is 1. The lowest BCUT2D eigenvalue weighted by molar-refractivity contribution is 0.0185. The zero-order chi connectivity index (χ0) is 13.2. The van der Waals surface area contributed by atoms with Gasteiger partial charge in [0, 0.05) is 13.0 Å². The van der Waals surface area contributed by atoms with E-state index in [0.717, 1.165) is 25.4 Å². The number of hydrogen-bond acceptors (Lipinski definition) is 4. The van der Waals surface area contributed by atoms with E-state index in [1.54, 1.807) is 0 Å². The Kier molecular flexibility index (Phi) is 3.73. The Morgan fingerprint density at radius 2 is 2.32 bits per heavy atom. The molecule has 2 unspecified atom stereocenters. The van der Waals surface area contributed by atoms with Crippen LogP contribution in [0.15, 0.2) is 18.2 Å². The summed E-state index contributed by atoms with van der Waals surface area (Å²) in [6.45, 7) is 3.56. The van der Waals surface area contributed by atoms with Crippen LogP contribution in [-0.4, -0.2) is 19.3 Å². The second-order valence-electron chi connectivity index (χ2n) is 5.37. The van der Waals surface area contributed by atoms with Gasteiger partial charge in [0.05, 0.1) is 18.8 Å². The molecular weight excluding hydrogens is 240 g/mol. The van der Waals surface area contributed by atoms with Crippen molar-refractivity contribution in [2.45, 2.75) is 38.3 Å². The lowest BCUT2D eigenvalue weighted by atomic mass is 9.96. The second-order valence-corrected chi connectivity index (χ2v) is 5.37. The van der Waals surface area contributed by atoms with Gasteiger partial charge in [-0.15, -0.1) is 0 Å². The van der Waals surface area contributed by atoms with E-state index in [9.17, 15) is 0 Å². The van der Waals surface area contributed by atoms with E-state index >= 15 is 0 Å². The summed E-state index contributed by atoms with van der Waals surface area (Å²) in [4.78, 5) is 0. The summed E-state index contributed by atoms with van der Waals surface area (Å²) in [5.74, 6) is 7.44. The first-order chi connectivity index (χ1) is 9.33. The topological polar surface area (TPSA) is 56.5 Å². The third-order valence-corrected chi connectivity index (χ3v) is 4.03.